The standard InChI is InChI=1S/C32H48N2O/c1-2-3-9-14-27-20-22-29(23-21-27)32-33-25-30(31(34-32)28-16-11-8-12-17-28)35-24-13-7-5-4-6-10-15-26-18-19-26/h8,11-12,16-17,25-27,29H,2-7,9-10,13-15,18-24H2,1H3/t27-,29-. The highest BCUT2D eigenvalue weighted by Crippen LogP contribution is 2.38. The molecular formula is C32H48N2O. The molecule has 0 unspecified atom stereocenters. The summed E-state index contributed by atoms with van der Waals surface area (Å²) >= 11 is 0. The maximum absolute atomic E-state index is 6.25. The molecule has 1 heterocycles. The topological polar surface area (TPSA) is 35.0 Å². The first-order valence-corrected chi connectivity index (χ1v) is 14.9. The SMILES string of the molecule is CCCCC[C@H]1CC[C@H](c2ncc(OCCCCCCCCC3CC3)c(-c3ccccc3)n2)CC1. The average Bonchev–Trinajstić information content (AvgIpc) is 3.73. The molecule has 1 aromatic heterocycles. The molecule has 3 nitrogen and oxygen atoms in total. The molecule has 2 saturated carbocycles. The Morgan fingerprint density at radius 1 is 0.743 bits per heavy atom. The van der Waals surface area contributed by atoms with Crippen molar-refractivity contribution >= 4 is 0 Å². The molecule has 192 valence electrons. The summed E-state index contributed by atoms with van der Waals surface area (Å²) in [7, 11) is 0. The van der Waals surface area contributed by atoms with E-state index in [-0.39, 0.29) is 0 Å². The number of rotatable bonds is 16. The van der Waals surface area contributed by atoms with Crippen LogP contribution in [0.1, 0.15) is 128 Å². The van der Waals surface area contributed by atoms with Crippen molar-refractivity contribution in [2.45, 2.75) is 122 Å². The summed E-state index contributed by atoms with van der Waals surface area (Å²) < 4.78 is 6.25. The Morgan fingerprint density at radius 3 is 2.06 bits per heavy atom. The molecule has 2 fully saturated rings. The molecule has 4 rings (SSSR count). The van der Waals surface area contributed by atoms with Gasteiger partial charge in [0.05, 0.1) is 12.8 Å². The number of hydrogen-bond donors (Lipinski definition) is 0. The molecular weight excluding hydrogens is 428 g/mol. The Labute approximate surface area is 214 Å². The van der Waals surface area contributed by atoms with Crippen LogP contribution < -0.4 is 4.74 Å². The van der Waals surface area contributed by atoms with Gasteiger partial charge in [-0.25, -0.2) is 9.97 Å². The fraction of sp³-hybridized carbons (Fsp3) is 0.688. The number of ether oxygens (including phenoxy) is 1. The van der Waals surface area contributed by atoms with Crippen molar-refractivity contribution in [2.75, 3.05) is 6.61 Å². The second kappa shape index (κ2) is 14.6. The van der Waals surface area contributed by atoms with Crippen LogP contribution in [0.25, 0.3) is 11.3 Å². The summed E-state index contributed by atoms with van der Waals surface area (Å²) in [5, 5.41) is 0. The van der Waals surface area contributed by atoms with E-state index in [1.807, 2.05) is 6.20 Å². The lowest BCUT2D eigenvalue weighted by atomic mass is 9.79. The van der Waals surface area contributed by atoms with Crippen LogP contribution in [0.2, 0.25) is 0 Å². The Kier molecular flexibility index (Phi) is 10.9. The molecule has 0 aliphatic heterocycles. The highest BCUT2D eigenvalue weighted by Gasteiger charge is 2.25. The minimum Gasteiger partial charge on any atom is -0.490 e. The number of aromatic nitrogens is 2. The van der Waals surface area contributed by atoms with Crippen LogP contribution in [0, 0.1) is 11.8 Å². The monoisotopic (exact) mass is 476 g/mol. The highest BCUT2D eigenvalue weighted by molar-refractivity contribution is 5.65. The molecule has 2 aromatic rings. The number of hydrogen-bond acceptors (Lipinski definition) is 3. The van der Waals surface area contributed by atoms with Gasteiger partial charge in [0.15, 0.2) is 5.75 Å². The third-order valence-corrected chi connectivity index (χ3v) is 8.21. The zero-order valence-corrected chi connectivity index (χ0v) is 22.2. The molecule has 2 aliphatic carbocycles. The smallest absolute Gasteiger partial charge is 0.163 e. The van der Waals surface area contributed by atoms with Crippen molar-refractivity contribution in [1.29, 1.82) is 0 Å². The Bertz CT molecular complexity index is 840. The Hall–Kier alpha value is -1.90. The van der Waals surface area contributed by atoms with E-state index in [2.05, 4.69) is 37.3 Å². The highest BCUT2D eigenvalue weighted by atomic mass is 16.5. The Morgan fingerprint density at radius 2 is 1.37 bits per heavy atom. The predicted octanol–water partition coefficient (Wildman–Crippen LogP) is 9.52. The largest absolute Gasteiger partial charge is 0.490 e. The first-order chi connectivity index (χ1) is 17.3. The quantitative estimate of drug-likeness (QED) is 0.226. The predicted molar refractivity (Wildman–Crippen MR) is 147 cm³/mol. The van der Waals surface area contributed by atoms with Crippen LogP contribution in [-0.2, 0) is 0 Å². The summed E-state index contributed by atoms with van der Waals surface area (Å²) in [5.41, 5.74) is 2.11. The molecule has 0 bridgehead atoms. The van der Waals surface area contributed by atoms with Crippen LogP contribution >= 0.6 is 0 Å². The number of nitrogens with zero attached hydrogens (tertiary/aromatic N) is 2. The van der Waals surface area contributed by atoms with Gasteiger partial charge in [-0.05, 0) is 43.9 Å². The van der Waals surface area contributed by atoms with E-state index in [1.54, 1.807) is 0 Å². The molecule has 2 aliphatic rings. The molecule has 0 N–H and O–H groups in total. The van der Waals surface area contributed by atoms with Gasteiger partial charge in [0.25, 0.3) is 0 Å². The third-order valence-electron chi connectivity index (χ3n) is 8.21. The van der Waals surface area contributed by atoms with Gasteiger partial charge in [0.1, 0.15) is 11.5 Å². The van der Waals surface area contributed by atoms with Crippen LogP contribution in [-0.4, -0.2) is 16.6 Å². The van der Waals surface area contributed by atoms with Gasteiger partial charge in [0.2, 0.25) is 0 Å². The first-order valence-electron chi connectivity index (χ1n) is 14.9. The minimum atomic E-state index is 0.494. The van der Waals surface area contributed by atoms with Crippen molar-refractivity contribution in [1.82, 2.24) is 9.97 Å². The fourth-order valence-electron chi connectivity index (χ4n) is 5.71. The second-order valence-corrected chi connectivity index (χ2v) is 11.2. The summed E-state index contributed by atoms with van der Waals surface area (Å²) in [6.45, 7) is 3.05. The first kappa shape index (κ1) is 26.2. The van der Waals surface area contributed by atoms with Crippen molar-refractivity contribution in [3.05, 3.63) is 42.4 Å². The molecule has 0 radical (unpaired) electrons. The lowest BCUT2D eigenvalue weighted by molar-refractivity contribution is 0.292. The van der Waals surface area contributed by atoms with Gasteiger partial charge >= 0.3 is 0 Å². The molecule has 0 saturated heterocycles. The molecule has 0 spiro atoms. The summed E-state index contributed by atoms with van der Waals surface area (Å²) in [6.07, 6.45) is 25.0. The lowest BCUT2D eigenvalue weighted by Gasteiger charge is -2.28. The van der Waals surface area contributed by atoms with Crippen LogP contribution in [0.3, 0.4) is 0 Å². The van der Waals surface area contributed by atoms with E-state index >= 15 is 0 Å². The van der Waals surface area contributed by atoms with Gasteiger partial charge in [-0.1, -0.05) is 114 Å². The van der Waals surface area contributed by atoms with Crippen LogP contribution in [0.5, 0.6) is 5.75 Å². The van der Waals surface area contributed by atoms with Gasteiger partial charge in [-0.15, -0.1) is 0 Å². The average molecular weight is 477 g/mol. The zero-order chi connectivity index (χ0) is 24.1. The summed E-state index contributed by atoms with van der Waals surface area (Å²) in [4.78, 5) is 9.92. The van der Waals surface area contributed by atoms with Crippen LogP contribution in [0.4, 0.5) is 0 Å². The molecule has 0 amide bonds. The zero-order valence-electron chi connectivity index (χ0n) is 22.2. The van der Waals surface area contributed by atoms with Crippen molar-refractivity contribution in [2.24, 2.45) is 11.8 Å². The second-order valence-electron chi connectivity index (χ2n) is 11.2. The van der Waals surface area contributed by atoms with Crippen molar-refractivity contribution in [3.63, 3.8) is 0 Å². The van der Waals surface area contributed by atoms with Gasteiger partial charge in [0, 0.05) is 11.5 Å². The maximum Gasteiger partial charge on any atom is 0.163 e. The van der Waals surface area contributed by atoms with Gasteiger partial charge < -0.3 is 4.74 Å². The number of benzene rings is 1. The summed E-state index contributed by atoms with van der Waals surface area (Å²) in [5.74, 6) is 4.36. The van der Waals surface area contributed by atoms with E-state index in [1.165, 1.54) is 103 Å². The van der Waals surface area contributed by atoms with Gasteiger partial charge in [-0.2, -0.15) is 0 Å². The third kappa shape index (κ3) is 8.92. The summed E-state index contributed by atoms with van der Waals surface area (Å²) in [6, 6.07) is 10.5. The fourth-order valence-corrected chi connectivity index (χ4v) is 5.71. The Balaban J connectivity index is 1.26. The maximum atomic E-state index is 6.25. The van der Waals surface area contributed by atoms with E-state index in [4.69, 9.17) is 14.7 Å². The lowest BCUT2D eigenvalue weighted by Crippen LogP contribution is -2.16. The van der Waals surface area contributed by atoms with Crippen molar-refractivity contribution in [3.8, 4) is 17.0 Å². The number of unbranched alkanes of at least 4 members (excludes halogenated alkanes) is 7. The van der Waals surface area contributed by atoms with E-state index in [9.17, 15) is 0 Å². The normalized spacial score (nSPS) is 20.1. The van der Waals surface area contributed by atoms with E-state index in [0.29, 0.717) is 5.92 Å². The molecule has 1 aromatic carbocycles. The minimum absolute atomic E-state index is 0.494. The molecule has 0 atom stereocenters. The van der Waals surface area contributed by atoms with Crippen LogP contribution in [0.15, 0.2) is 36.5 Å². The van der Waals surface area contributed by atoms with E-state index in [0.717, 1.165) is 47.7 Å². The van der Waals surface area contributed by atoms with Gasteiger partial charge in [-0.3, -0.25) is 0 Å². The van der Waals surface area contributed by atoms with E-state index < -0.39 is 0 Å². The molecule has 3 heteroatoms. The van der Waals surface area contributed by atoms with Crippen molar-refractivity contribution < 1.29 is 4.74 Å². The molecule has 35 heavy (non-hydrogen) atoms.